The van der Waals surface area contributed by atoms with Gasteiger partial charge >= 0.3 is 0 Å². The molecule has 28 heavy (non-hydrogen) atoms. The summed E-state index contributed by atoms with van der Waals surface area (Å²) in [5, 5.41) is 0. The Morgan fingerprint density at radius 1 is 0.964 bits per heavy atom. The molecule has 0 N–H and O–H groups in total. The van der Waals surface area contributed by atoms with Crippen LogP contribution in [0.15, 0.2) is 48.8 Å². The number of aryl methyl sites for hydroxylation is 2. The lowest BCUT2D eigenvalue weighted by Gasteiger charge is -2.35. The Bertz CT molecular complexity index is 978. The highest BCUT2D eigenvalue weighted by molar-refractivity contribution is 5.82. The van der Waals surface area contributed by atoms with Gasteiger partial charge in [0.2, 0.25) is 5.95 Å². The first kappa shape index (κ1) is 18.6. The van der Waals surface area contributed by atoms with Gasteiger partial charge in [-0.1, -0.05) is 24.3 Å². The summed E-state index contributed by atoms with van der Waals surface area (Å²) in [5.41, 5.74) is 6.38. The van der Waals surface area contributed by atoms with Crippen molar-refractivity contribution in [3.05, 3.63) is 60.0 Å². The Hall–Kier alpha value is -2.79. The fraction of sp³-hybridized carbons (Fsp3) is 0.348. The first-order valence-electron chi connectivity index (χ1n) is 9.77. The summed E-state index contributed by atoms with van der Waals surface area (Å²) in [6.45, 7) is 9.91. The number of aromatic nitrogens is 3. The van der Waals surface area contributed by atoms with Gasteiger partial charge in [0, 0.05) is 42.3 Å². The van der Waals surface area contributed by atoms with Crippen molar-refractivity contribution in [3.8, 4) is 22.4 Å². The van der Waals surface area contributed by atoms with Crippen LogP contribution in [0.5, 0.6) is 0 Å². The molecule has 0 saturated carbocycles. The van der Waals surface area contributed by atoms with Gasteiger partial charge in [-0.15, -0.1) is 0 Å². The predicted octanol–water partition coefficient (Wildman–Crippen LogP) is 4.44. The van der Waals surface area contributed by atoms with Gasteiger partial charge in [0.15, 0.2) is 0 Å². The Morgan fingerprint density at radius 2 is 1.71 bits per heavy atom. The minimum Gasteiger partial charge on any atom is -0.372 e. The molecule has 0 amide bonds. The molecule has 1 aliphatic rings. The number of rotatable bonds is 3. The fourth-order valence-electron chi connectivity index (χ4n) is 3.83. The predicted molar refractivity (Wildman–Crippen MR) is 112 cm³/mol. The highest BCUT2D eigenvalue weighted by atomic mass is 16.5. The average molecular weight is 374 g/mol. The zero-order chi connectivity index (χ0) is 19.7. The molecule has 0 radical (unpaired) electrons. The third-order valence-corrected chi connectivity index (χ3v) is 5.09. The highest BCUT2D eigenvalue weighted by Crippen LogP contribution is 2.33. The molecule has 2 unspecified atom stereocenters. The molecule has 0 aliphatic carbocycles. The van der Waals surface area contributed by atoms with Crippen LogP contribution in [0.1, 0.15) is 25.1 Å². The minimum atomic E-state index is 0.164. The molecule has 5 nitrogen and oxygen atoms in total. The summed E-state index contributed by atoms with van der Waals surface area (Å²) < 4.78 is 5.87. The molecule has 0 bridgehead atoms. The van der Waals surface area contributed by atoms with Crippen LogP contribution < -0.4 is 4.90 Å². The number of benzene rings is 1. The highest BCUT2D eigenvalue weighted by Gasteiger charge is 2.25. The number of morpholine rings is 1. The first-order chi connectivity index (χ1) is 13.5. The number of nitrogens with zero attached hydrogens (tertiary/aromatic N) is 4. The number of hydrogen-bond acceptors (Lipinski definition) is 5. The van der Waals surface area contributed by atoms with Crippen LogP contribution in [-0.2, 0) is 4.74 Å². The fourth-order valence-corrected chi connectivity index (χ4v) is 3.83. The van der Waals surface area contributed by atoms with E-state index in [1.807, 2.05) is 25.4 Å². The average Bonchev–Trinajstić information content (AvgIpc) is 2.67. The SMILES string of the molecule is Cc1cc(-c2cnc(N3CC(C)OC(C)C3)nc2-c2ccccc2C)ccn1. The van der Waals surface area contributed by atoms with Gasteiger partial charge in [-0.05, 0) is 51.0 Å². The first-order valence-corrected chi connectivity index (χ1v) is 9.77. The van der Waals surface area contributed by atoms with Crippen molar-refractivity contribution in [1.29, 1.82) is 0 Å². The molecular weight excluding hydrogens is 348 g/mol. The lowest BCUT2D eigenvalue weighted by molar-refractivity contribution is -0.00571. The van der Waals surface area contributed by atoms with Crippen molar-refractivity contribution in [2.45, 2.75) is 39.9 Å². The van der Waals surface area contributed by atoms with E-state index in [0.29, 0.717) is 0 Å². The Kier molecular flexibility index (Phi) is 5.09. The second-order valence-corrected chi connectivity index (χ2v) is 7.60. The molecule has 3 heterocycles. The quantitative estimate of drug-likeness (QED) is 0.678. The molecule has 4 rings (SSSR count). The van der Waals surface area contributed by atoms with E-state index in [-0.39, 0.29) is 12.2 Å². The third kappa shape index (κ3) is 3.76. The van der Waals surface area contributed by atoms with Crippen molar-refractivity contribution in [3.63, 3.8) is 0 Å². The van der Waals surface area contributed by atoms with Gasteiger partial charge in [-0.3, -0.25) is 4.98 Å². The number of hydrogen-bond donors (Lipinski definition) is 0. The molecule has 1 aromatic carbocycles. The molecule has 144 valence electrons. The maximum Gasteiger partial charge on any atom is 0.226 e. The second kappa shape index (κ2) is 7.68. The summed E-state index contributed by atoms with van der Waals surface area (Å²) in [5.74, 6) is 0.759. The molecule has 2 aromatic heterocycles. The second-order valence-electron chi connectivity index (χ2n) is 7.60. The van der Waals surface area contributed by atoms with Gasteiger partial charge in [0.25, 0.3) is 0 Å². The van der Waals surface area contributed by atoms with Crippen LogP contribution in [0.3, 0.4) is 0 Å². The molecule has 1 saturated heterocycles. The topological polar surface area (TPSA) is 51.1 Å². The number of anilines is 1. The van der Waals surface area contributed by atoms with E-state index >= 15 is 0 Å². The van der Waals surface area contributed by atoms with Gasteiger partial charge in [-0.25, -0.2) is 9.97 Å². The lowest BCUT2D eigenvalue weighted by atomic mass is 9.98. The number of ether oxygens (including phenoxy) is 1. The zero-order valence-electron chi connectivity index (χ0n) is 16.9. The lowest BCUT2D eigenvalue weighted by Crippen LogP contribution is -2.46. The van der Waals surface area contributed by atoms with Crippen LogP contribution in [-0.4, -0.2) is 40.2 Å². The molecule has 1 fully saturated rings. The van der Waals surface area contributed by atoms with Crippen LogP contribution in [0.4, 0.5) is 5.95 Å². The van der Waals surface area contributed by atoms with Crippen molar-refractivity contribution in [2.75, 3.05) is 18.0 Å². The summed E-state index contributed by atoms with van der Waals surface area (Å²) in [6, 6.07) is 12.5. The Labute approximate surface area is 166 Å². The molecule has 2 atom stereocenters. The molecule has 5 heteroatoms. The monoisotopic (exact) mass is 374 g/mol. The van der Waals surface area contributed by atoms with Crippen LogP contribution >= 0.6 is 0 Å². The van der Waals surface area contributed by atoms with Gasteiger partial charge in [0.1, 0.15) is 0 Å². The maximum absolute atomic E-state index is 5.87. The van der Waals surface area contributed by atoms with Crippen LogP contribution in [0.2, 0.25) is 0 Å². The van der Waals surface area contributed by atoms with Gasteiger partial charge < -0.3 is 9.64 Å². The van der Waals surface area contributed by atoms with Crippen molar-refractivity contribution in [2.24, 2.45) is 0 Å². The van der Waals surface area contributed by atoms with E-state index in [1.165, 1.54) is 5.56 Å². The van der Waals surface area contributed by atoms with Gasteiger partial charge in [-0.2, -0.15) is 0 Å². The van der Waals surface area contributed by atoms with Crippen LogP contribution in [0.25, 0.3) is 22.4 Å². The van der Waals surface area contributed by atoms with Crippen LogP contribution in [0, 0.1) is 13.8 Å². The number of pyridine rings is 1. The van der Waals surface area contributed by atoms with Crippen molar-refractivity contribution < 1.29 is 4.74 Å². The van der Waals surface area contributed by atoms with E-state index in [9.17, 15) is 0 Å². The standard InChI is InChI=1S/C23H26N4O/c1-15-7-5-6-8-20(15)22-21(19-9-10-24-16(2)11-19)12-25-23(26-22)27-13-17(3)28-18(4)14-27/h5-12,17-18H,13-14H2,1-4H3. The molecular formula is C23H26N4O. The molecule has 3 aromatic rings. The molecule has 0 spiro atoms. The van der Waals surface area contributed by atoms with E-state index in [2.05, 4.69) is 61.0 Å². The van der Waals surface area contributed by atoms with Crippen molar-refractivity contribution in [1.82, 2.24) is 15.0 Å². The minimum absolute atomic E-state index is 0.164. The summed E-state index contributed by atoms with van der Waals surface area (Å²) >= 11 is 0. The van der Waals surface area contributed by atoms with E-state index in [0.717, 1.165) is 47.1 Å². The van der Waals surface area contributed by atoms with Gasteiger partial charge in [0.05, 0.1) is 17.9 Å². The van der Waals surface area contributed by atoms with E-state index in [4.69, 9.17) is 14.7 Å². The Morgan fingerprint density at radius 3 is 2.43 bits per heavy atom. The summed E-state index contributed by atoms with van der Waals surface area (Å²) in [4.78, 5) is 16.3. The largest absolute Gasteiger partial charge is 0.372 e. The van der Waals surface area contributed by atoms with E-state index in [1.54, 1.807) is 0 Å². The Balaban J connectivity index is 1.85. The normalized spacial score (nSPS) is 19.6. The van der Waals surface area contributed by atoms with E-state index < -0.39 is 0 Å². The summed E-state index contributed by atoms with van der Waals surface area (Å²) in [7, 11) is 0. The summed E-state index contributed by atoms with van der Waals surface area (Å²) in [6.07, 6.45) is 4.11. The third-order valence-electron chi connectivity index (χ3n) is 5.09. The zero-order valence-corrected chi connectivity index (χ0v) is 16.9. The maximum atomic E-state index is 5.87. The smallest absolute Gasteiger partial charge is 0.226 e. The van der Waals surface area contributed by atoms with Crippen molar-refractivity contribution >= 4 is 5.95 Å². The molecule has 1 aliphatic heterocycles.